The van der Waals surface area contributed by atoms with Crippen molar-refractivity contribution in [2.24, 2.45) is 0 Å². The molecule has 0 bridgehead atoms. The van der Waals surface area contributed by atoms with Gasteiger partial charge in [0.25, 0.3) is 0 Å². The molecule has 4 nitrogen and oxygen atoms in total. The molecule has 0 unspecified atom stereocenters. The lowest BCUT2D eigenvalue weighted by atomic mass is 9.92. The molecule has 262 valence electrons. The maximum Gasteiger partial charge on any atom is 0.164 e. The Balaban J connectivity index is 1.21. The lowest BCUT2D eigenvalue weighted by molar-refractivity contribution is 1.07. The lowest BCUT2D eigenvalue weighted by Crippen LogP contribution is -2.01. The molecular formula is C50H30N4S2. The summed E-state index contributed by atoms with van der Waals surface area (Å²) in [5, 5.41) is 5.80. The van der Waals surface area contributed by atoms with Crippen LogP contribution in [0.3, 0.4) is 0 Å². The van der Waals surface area contributed by atoms with Crippen molar-refractivity contribution < 1.29 is 0 Å². The van der Waals surface area contributed by atoms with Crippen LogP contribution < -0.4 is 0 Å². The van der Waals surface area contributed by atoms with E-state index >= 15 is 0 Å². The predicted molar refractivity (Wildman–Crippen MR) is 236 cm³/mol. The van der Waals surface area contributed by atoms with Crippen molar-refractivity contribution in [3.63, 3.8) is 0 Å². The molecule has 0 saturated carbocycles. The third-order valence-electron chi connectivity index (χ3n) is 10.4. The Kier molecular flexibility index (Phi) is 7.83. The van der Waals surface area contributed by atoms with Crippen molar-refractivity contribution in [2.45, 2.75) is 0 Å². The van der Waals surface area contributed by atoms with E-state index in [-0.39, 0.29) is 0 Å². The number of hydrogen-bond donors (Lipinski definition) is 0. The van der Waals surface area contributed by atoms with E-state index in [9.17, 15) is 0 Å². The summed E-state index contributed by atoms with van der Waals surface area (Å²) in [5.41, 5.74) is 9.44. The number of thiophene rings is 1. The van der Waals surface area contributed by atoms with Crippen LogP contribution in [0.1, 0.15) is 0 Å². The van der Waals surface area contributed by atoms with Gasteiger partial charge in [0.15, 0.2) is 17.5 Å². The molecule has 0 aliphatic heterocycles. The molecule has 6 heteroatoms. The average Bonchev–Trinajstić information content (AvgIpc) is 3.87. The molecule has 11 rings (SSSR count). The number of fused-ring (bicyclic) bond motifs is 5. The van der Waals surface area contributed by atoms with Crippen LogP contribution in [-0.2, 0) is 0 Å². The van der Waals surface area contributed by atoms with E-state index < -0.39 is 0 Å². The van der Waals surface area contributed by atoms with Gasteiger partial charge in [-0.05, 0) is 51.7 Å². The molecular weight excluding hydrogens is 721 g/mol. The van der Waals surface area contributed by atoms with Crippen LogP contribution in [0.15, 0.2) is 182 Å². The fraction of sp³-hybridized carbons (Fsp3) is 0. The van der Waals surface area contributed by atoms with Gasteiger partial charge in [0.2, 0.25) is 0 Å². The smallest absolute Gasteiger partial charge is 0.164 e. The topological polar surface area (TPSA) is 51.6 Å². The molecule has 0 aliphatic rings. The maximum atomic E-state index is 5.31. The predicted octanol–water partition coefficient (Wildman–Crippen LogP) is 14.0. The highest BCUT2D eigenvalue weighted by molar-refractivity contribution is 7.26. The SMILES string of the molecule is c1ccc(-c2nc(-c3cc(-c4c5sc(-c6ccccc6)nc5cc5sc6ccccc6c45)c4ccccc4c3)nc(-c3ccccc3-c3ccccc3)n2)cc1. The van der Waals surface area contributed by atoms with Crippen molar-refractivity contribution in [1.82, 2.24) is 19.9 Å². The summed E-state index contributed by atoms with van der Waals surface area (Å²) in [6.45, 7) is 0. The van der Waals surface area contributed by atoms with Gasteiger partial charge in [0.1, 0.15) is 5.01 Å². The molecule has 56 heavy (non-hydrogen) atoms. The zero-order valence-corrected chi connectivity index (χ0v) is 31.6. The van der Waals surface area contributed by atoms with Crippen LogP contribution in [0.4, 0.5) is 0 Å². The van der Waals surface area contributed by atoms with E-state index in [1.807, 2.05) is 35.6 Å². The standard InChI is InChI=1S/C50H30N4S2/c1-4-16-31(17-5-1)36-23-12-13-25-38(36)49-53-47(32-18-6-2-7-19-32)52-48(54-49)35-28-34-22-10-11-24-37(34)40(29-35)45-44-39-26-14-15-27-42(39)55-43(44)30-41-46(45)56-50(51-41)33-20-8-3-9-21-33/h1-30H. The summed E-state index contributed by atoms with van der Waals surface area (Å²) in [5.74, 6) is 1.88. The molecule has 0 amide bonds. The Morgan fingerprint density at radius 3 is 1.71 bits per heavy atom. The molecule has 0 aliphatic carbocycles. The molecule has 0 atom stereocenters. The lowest BCUT2D eigenvalue weighted by Gasteiger charge is -2.15. The van der Waals surface area contributed by atoms with Crippen LogP contribution in [0, 0.1) is 0 Å². The zero-order valence-electron chi connectivity index (χ0n) is 29.9. The van der Waals surface area contributed by atoms with Crippen molar-refractivity contribution in [1.29, 1.82) is 0 Å². The second-order valence-corrected chi connectivity index (χ2v) is 15.9. The Morgan fingerprint density at radius 1 is 0.357 bits per heavy atom. The summed E-state index contributed by atoms with van der Waals surface area (Å²) in [7, 11) is 0. The van der Waals surface area contributed by atoms with Crippen LogP contribution in [0.25, 0.3) is 108 Å². The van der Waals surface area contributed by atoms with Crippen molar-refractivity contribution in [3.05, 3.63) is 182 Å². The highest BCUT2D eigenvalue weighted by atomic mass is 32.1. The Hall–Kier alpha value is -6.86. The Morgan fingerprint density at radius 2 is 0.946 bits per heavy atom. The Labute approximate surface area is 331 Å². The van der Waals surface area contributed by atoms with Gasteiger partial charge < -0.3 is 0 Å². The quantitative estimate of drug-likeness (QED) is 0.170. The highest BCUT2D eigenvalue weighted by Crippen LogP contribution is 2.49. The van der Waals surface area contributed by atoms with Crippen LogP contribution in [0.5, 0.6) is 0 Å². The summed E-state index contributed by atoms with van der Waals surface area (Å²) in [6.07, 6.45) is 0. The third-order valence-corrected chi connectivity index (χ3v) is 12.6. The molecule has 0 radical (unpaired) electrons. The molecule has 3 heterocycles. The second-order valence-electron chi connectivity index (χ2n) is 13.8. The molecule has 8 aromatic carbocycles. The van der Waals surface area contributed by atoms with Crippen LogP contribution in [0.2, 0.25) is 0 Å². The summed E-state index contributed by atoms with van der Waals surface area (Å²) in [6, 6.07) is 63.7. The van der Waals surface area contributed by atoms with Gasteiger partial charge in [-0.15, -0.1) is 22.7 Å². The average molecular weight is 751 g/mol. The van der Waals surface area contributed by atoms with Crippen molar-refractivity contribution in [3.8, 4) is 67.0 Å². The first-order chi connectivity index (χ1) is 27.7. The minimum absolute atomic E-state index is 0.622. The van der Waals surface area contributed by atoms with E-state index in [0.717, 1.165) is 54.9 Å². The van der Waals surface area contributed by atoms with E-state index in [2.05, 4.69) is 158 Å². The van der Waals surface area contributed by atoms with E-state index in [0.29, 0.717) is 17.5 Å². The first kappa shape index (κ1) is 32.6. The largest absolute Gasteiger partial charge is 0.236 e. The molecule has 3 aromatic heterocycles. The fourth-order valence-corrected chi connectivity index (χ4v) is 10.0. The second kappa shape index (κ2) is 13.5. The number of aromatic nitrogens is 4. The first-order valence-electron chi connectivity index (χ1n) is 18.6. The first-order valence-corrected chi connectivity index (χ1v) is 20.2. The number of nitrogens with zero attached hydrogens (tertiary/aromatic N) is 4. The van der Waals surface area contributed by atoms with Crippen LogP contribution in [-0.4, -0.2) is 19.9 Å². The van der Waals surface area contributed by atoms with E-state index in [1.165, 1.54) is 35.8 Å². The number of hydrogen-bond acceptors (Lipinski definition) is 6. The van der Waals surface area contributed by atoms with Gasteiger partial charge in [0.05, 0.1) is 10.2 Å². The normalized spacial score (nSPS) is 11.6. The van der Waals surface area contributed by atoms with Gasteiger partial charge in [-0.25, -0.2) is 19.9 Å². The summed E-state index contributed by atoms with van der Waals surface area (Å²) in [4.78, 5) is 20.9. The van der Waals surface area contributed by atoms with Crippen molar-refractivity contribution in [2.75, 3.05) is 0 Å². The Bertz CT molecular complexity index is 3240. The minimum Gasteiger partial charge on any atom is -0.236 e. The number of thiazole rings is 1. The minimum atomic E-state index is 0.622. The molecule has 0 spiro atoms. The summed E-state index contributed by atoms with van der Waals surface area (Å²) < 4.78 is 3.65. The molecule has 11 aromatic rings. The highest BCUT2D eigenvalue weighted by Gasteiger charge is 2.22. The van der Waals surface area contributed by atoms with Crippen molar-refractivity contribution >= 4 is 63.8 Å². The van der Waals surface area contributed by atoms with Gasteiger partial charge in [-0.1, -0.05) is 158 Å². The number of rotatable bonds is 6. The molecule has 0 saturated heterocycles. The van der Waals surface area contributed by atoms with E-state index in [4.69, 9.17) is 19.9 Å². The molecule has 0 N–H and O–H groups in total. The zero-order chi connectivity index (χ0) is 37.0. The maximum absolute atomic E-state index is 5.31. The summed E-state index contributed by atoms with van der Waals surface area (Å²) >= 11 is 3.59. The third kappa shape index (κ3) is 5.58. The fourth-order valence-electron chi connectivity index (χ4n) is 7.77. The molecule has 0 fully saturated rings. The van der Waals surface area contributed by atoms with Gasteiger partial charge in [-0.2, -0.15) is 0 Å². The van der Waals surface area contributed by atoms with Crippen LogP contribution >= 0.6 is 22.7 Å². The monoisotopic (exact) mass is 750 g/mol. The van der Waals surface area contributed by atoms with Gasteiger partial charge in [0, 0.05) is 48.0 Å². The van der Waals surface area contributed by atoms with Gasteiger partial charge in [-0.3, -0.25) is 0 Å². The number of benzene rings is 8. The van der Waals surface area contributed by atoms with E-state index in [1.54, 1.807) is 11.3 Å². The van der Waals surface area contributed by atoms with Gasteiger partial charge >= 0.3 is 0 Å².